The Hall–Kier alpha value is -0.733. The van der Waals surface area contributed by atoms with E-state index in [9.17, 15) is 19.3 Å². The van der Waals surface area contributed by atoms with Crippen LogP contribution in [0.1, 0.15) is 19.8 Å². The third-order valence-electron chi connectivity index (χ3n) is 4.64. The summed E-state index contributed by atoms with van der Waals surface area (Å²) in [7, 11) is -2.99. The highest BCUT2D eigenvalue weighted by molar-refractivity contribution is 7.55. The maximum absolute atomic E-state index is 13.0. The van der Waals surface area contributed by atoms with Gasteiger partial charge in [-0.05, 0) is 18.9 Å². The lowest BCUT2D eigenvalue weighted by atomic mass is 9.83. The Morgan fingerprint density at radius 2 is 1.88 bits per heavy atom. The molecule has 1 amide bonds. The molecule has 0 saturated carbocycles. The predicted molar refractivity (Wildman–Crippen MR) is 101 cm³/mol. The highest BCUT2D eigenvalue weighted by Gasteiger charge is 2.58. The summed E-state index contributed by atoms with van der Waals surface area (Å²) in [6.07, 6.45) is 0.859. The number of ether oxygens (including phenoxy) is 1. The van der Waals surface area contributed by atoms with E-state index in [0.29, 0.717) is 6.42 Å². The first-order valence-electron chi connectivity index (χ1n) is 8.87. The molecular weight excluding hydrogens is 377 g/mol. The van der Waals surface area contributed by atoms with Gasteiger partial charge >= 0.3 is 13.6 Å². The van der Waals surface area contributed by atoms with Gasteiger partial charge in [-0.2, -0.15) is 0 Å². The van der Waals surface area contributed by atoms with Gasteiger partial charge in [0.05, 0.1) is 12.5 Å². The largest absolute Gasteiger partial charge is 0.464 e. The van der Waals surface area contributed by atoms with Crippen molar-refractivity contribution in [2.45, 2.75) is 57.3 Å². The topological polar surface area (TPSA) is 102 Å². The zero-order chi connectivity index (χ0) is 20.1. The number of likely N-dealkylation sites (tertiary alicyclic amines) is 1. The minimum atomic E-state index is -3.92. The summed E-state index contributed by atoms with van der Waals surface area (Å²) >= 11 is 0. The van der Waals surface area contributed by atoms with Gasteiger partial charge in [-0.3, -0.25) is 9.36 Å². The molecule has 1 aliphatic rings. The number of carbonyl (C=O) groups excluding carboxylic acids is 2. The second kappa shape index (κ2) is 9.46. The number of hydrogen-bond donors (Lipinski definition) is 1. The predicted octanol–water partition coefficient (Wildman–Crippen LogP) is 2.30. The van der Waals surface area contributed by atoms with E-state index in [1.807, 2.05) is 6.92 Å². The zero-order valence-corrected chi connectivity index (χ0v) is 18.5. The average Bonchev–Trinajstić information content (AvgIpc) is 2.57. The molecule has 0 bridgehead atoms. The molecule has 10 heteroatoms. The van der Waals surface area contributed by atoms with Crippen molar-refractivity contribution < 1.29 is 33.0 Å². The van der Waals surface area contributed by atoms with Gasteiger partial charge in [-0.25, -0.2) is 4.79 Å². The summed E-state index contributed by atoms with van der Waals surface area (Å²) in [4.78, 5) is 26.5. The molecule has 0 aromatic carbocycles. The molecule has 1 unspecified atom stereocenters. The zero-order valence-electron chi connectivity index (χ0n) is 16.6. The van der Waals surface area contributed by atoms with Crippen molar-refractivity contribution in [1.82, 2.24) is 4.90 Å². The number of carbonyl (C=O) groups is 2. The van der Waals surface area contributed by atoms with Crippen LogP contribution in [0.15, 0.2) is 0 Å². The number of β-lactam (4-membered cyclic amide) rings is 1. The first-order valence-corrected chi connectivity index (χ1v) is 14.2. The van der Waals surface area contributed by atoms with Crippen LogP contribution in [0.2, 0.25) is 25.7 Å². The van der Waals surface area contributed by atoms with E-state index in [2.05, 4.69) is 19.6 Å². The fourth-order valence-corrected chi connectivity index (χ4v) is 5.24. The van der Waals surface area contributed by atoms with Gasteiger partial charge in [0, 0.05) is 34.9 Å². The lowest BCUT2D eigenvalue weighted by molar-refractivity contribution is -0.169. The standard InChI is InChI=1S/C16H32NO7PSi/c1-7-12-13(8-9-18)17(14(12)19)15(25(21,22-2)23-3)16(20)24-10-11-26(4,5)6/h12-13,15,18H,7-11H2,1-6H3/t12-,13-,15?/m1/s1. The Kier molecular flexibility index (Phi) is 8.48. The van der Waals surface area contributed by atoms with E-state index < -0.39 is 33.5 Å². The van der Waals surface area contributed by atoms with Crippen LogP contribution in [0.5, 0.6) is 0 Å². The normalized spacial score (nSPS) is 22.1. The lowest BCUT2D eigenvalue weighted by Gasteiger charge is -2.50. The van der Waals surface area contributed by atoms with Gasteiger partial charge < -0.3 is 23.8 Å². The van der Waals surface area contributed by atoms with E-state index >= 15 is 0 Å². The number of aliphatic hydroxyl groups excluding tert-OH is 1. The second-order valence-corrected chi connectivity index (χ2v) is 15.5. The number of rotatable bonds is 11. The third-order valence-corrected chi connectivity index (χ3v) is 8.42. The van der Waals surface area contributed by atoms with Crippen LogP contribution < -0.4 is 0 Å². The quantitative estimate of drug-likeness (QED) is 0.242. The SMILES string of the molecule is CC[C@H]1C(=O)N(C(C(=O)OCC[Si](C)(C)C)P(=O)(OC)OC)[C@@H]1CCO. The first kappa shape index (κ1) is 23.3. The van der Waals surface area contributed by atoms with Crippen LogP contribution in [0.3, 0.4) is 0 Å². The molecular formula is C16H32NO7PSi. The molecule has 26 heavy (non-hydrogen) atoms. The van der Waals surface area contributed by atoms with E-state index in [-0.39, 0.29) is 31.5 Å². The molecule has 1 aliphatic heterocycles. The summed E-state index contributed by atoms with van der Waals surface area (Å²) in [5.41, 5.74) is 0. The average molecular weight is 409 g/mol. The molecule has 1 rings (SSSR count). The van der Waals surface area contributed by atoms with Gasteiger partial charge in [0.25, 0.3) is 0 Å². The van der Waals surface area contributed by atoms with Crippen LogP contribution in [-0.4, -0.2) is 69.2 Å². The molecule has 1 fully saturated rings. The molecule has 0 radical (unpaired) electrons. The Balaban J connectivity index is 3.08. The van der Waals surface area contributed by atoms with Crippen molar-refractivity contribution in [1.29, 1.82) is 0 Å². The molecule has 1 N–H and O–H groups in total. The third kappa shape index (κ3) is 5.16. The van der Waals surface area contributed by atoms with Crippen molar-refractivity contribution in [3.05, 3.63) is 0 Å². The minimum Gasteiger partial charge on any atom is -0.464 e. The molecule has 0 aliphatic carbocycles. The molecule has 0 spiro atoms. The van der Waals surface area contributed by atoms with Crippen molar-refractivity contribution in [2.24, 2.45) is 5.92 Å². The van der Waals surface area contributed by atoms with E-state index in [1.165, 1.54) is 19.1 Å². The van der Waals surface area contributed by atoms with Gasteiger partial charge in [0.1, 0.15) is 0 Å². The van der Waals surface area contributed by atoms with Crippen LogP contribution >= 0.6 is 7.60 Å². The molecule has 1 saturated heterocycles. The number of esters is 1. The van der Waals surface area contributed by atoms with Gasteiger partial charge in [-0.1, -0.05) is 26.6 Å². The molecule has 1 heterocycles. The number of amides is 1. The highest BCUT2D eigenvalue weighted by atomic mass is 31.2. The summed E-state index contributed by atoms with van der Waals surface area (Å²) in [5.74, 6) is -2.86. The fourth-order valence-electron chi connectivity index (χ4n) is 3.05. The van der Waals surface area contributed by atoms with Crippen LogP contribution in [0.4, 0.5) is 0 Å². The van der Waals surface area contributed by atoms with Gasteiger partial charge in [0.2, 0.25) is 11.7 Å². The monoisotopic (exact) mass is 409 g/mol. The van der Waals surface area contributed by atoms with Crippen molar-refractivity contribution in [3.8, 4) is 0 Å². The summed E-state index contributed by atoms with van der Waals surface area (Å²) in [5, 5.41) is 9.31. The summed E-state index contributed by atoms with van der Waals surface area (Å²) in [6, 6.07) is 0.354. The molecule has 0 aromatic heterocycles. The highest BCUT2D eigenvalue weighted by Crippen LogP contribution is 2.56. The number of hydrogen-bond acceptors (Lipinski definition) is 7. The number of nitrogens with zero attached hydrogens (tertiary/aromatic N) is 1. The molecule has 3 atom stereocenters. The Morgan fingerprint density at radius 1 is 1.31 bits per heavy atom. The van der Waals surface area contributed by atoms with Crippen molar-refractivity contribution in [3.63, 3.8) is 0 Å². The van der Waals surface area contributed by atoms with Crippen LogP contribution in [0, 0.1) is 5.92 Å². The van der Waals surface area contributed by atoms with Gasteiger partial charge in [-0.15, -0.1) is 0 Å². The maximum atomic E-state index is 13.0. The van der Waals surface area contributed by atoms with Crippen LogP contribution in [-0.2, 0) is 27.9 Å². The smallest absolute Gasteiger partial charge is 0.364 e. The summed E-state index contributed by atoms with van der Waals surface area (Å²) < 4.78 is 28.3. The Bertz CT molecular complexity index is 543. The van der Waals surface area contributed by atoms with E-state index in [4.69, 9.17) is 13.8 Å². The first-order chi connectivity index (χ1) is 12.1. The molecule has 152 valence electrons. The molecule has 8 nitrogen and oxygen atoms in total. The Labute approximate surface area is 156 Å². The number of aliphatic hydroxyl groups is 1. The second-order valence-electron chi connectivity index (χ2n) is 7.60. The van der Waals surface area contributed by atoms with Crippen molar-refractivity contribution in [2.75, 3.05) is 27.4 Å². The van der Waals surface area contributed by atoms with E-state index in [1.54, 1.807) is 0 Å². The van der Waals surface area contributed by atoms with Crippen LogP contribution in [0.25, 0.3) is 0 Å². The van der Waals surface area contributed by atoms with E-state index in [0.717, 1.165) is 6.04 Å². The van der Waals surface area contributed by atoms with Crippen molar-refractivity contribution >= 4 is 27.5 Å². The maximum Gasteiger partial charge on any atom is 0.364 e. The molecule has 0 aromatic rings. The summed E-state index contributed by atoms with van der Waals surface area (Å²) in [6.45, 7) is 8.35. The van der Waals surface area contributed by atoms with Gasteiger partial charge in [0.15, 0.2) is 0 Å². The lowest BCUT2D eigenvalue weighted by Crippen LogP contribution is -2.66. The minimum absolute atomic E-state index is 0.146. The Morgan fingerprint density at radius 3 is 2.31 bits per heavy atom. The fraction of sp³-hybridized carbons (Fsp3) is 0.875.